The molecule has 0 aliphatic heterocycles. The van der Waals surface area contributed by atoms with Crippen LogP contribution in [0.15, 0.2) is 36.7 Å². The minimum Gasteiger partial charge on any atom is -0.399 e. The van der Waals surface area contributed by atoms with E-state index in [1.165, 1.54) is 0 Å². The molecule has 2 rings (SSSR count). The molecule has 0 saturated heterocycles. The minimum absolute atomic E-state index is 0.692. The number of ether oxygens (including phenoxy) is 1. The van der Waals surface area contributed by atoms with Crippen LogP contribution in [-0.2, 0) is 11.3 Å². The number of aromatic nitrogens is 2. The van der Waals surface area contributed by atoms with Gasteiger partial charge in [-0.2, -0.15) is 5.10 Å². The van der Waals surface area contributed by atoms with Crippen LogP contribution in [0.3, 0.4) is 0 Å². The van der Waals surface area contributed by atoms with E-state index in [0.717, 1.165) is 36.4 Å². The first-order chi connectivity index (χ1) is 9.65. The first-order valence-corrected chi connectivity index (χ1v) is 7.11. The minimum atomic E-state index is 0.692. The second-order valence-corrected chi connectivity index (χ2v) is 5.41. The Morgan fingerprint density at radius 2 is 1.90 bits per heavy atom. The molecule has 1 aromatic heterocycles. The molecule has 0 aliphatic carbocycles. The molecule has 2 aromatic rings. The van der Waals surface area contributed by atoms with Gasteiger partial charge < -0.3 is 10.5 Å². The Morgan fingerprint density at radius 1 is 1.15 bits per heavy atom. The molecule has 0 aliphatic rings. The van der Waals surface area contributed by atoms with Gasteiger partial charge in [0.15, 0.2) is 0 Å². The summed E-state index contributed by atoms with van der Waals surface area (Å²) in [6, 6.07) is 7.83. The fourth-order valence-electron chi connectivity index (χ4n) is 1.89. The molecule has 0 unspecified atom stereocenters. The second kappa shape index (κ2) is 7.10. The molecule has 0 atom stereocenters. The van der Waals surface area contributed by atoms with Crippen LogP contribution in [0.1, 0.15) is 20.3 Å². The lowest BCUT2D eigenvalue weighted by atomic mass is 10.1. The third kappa shape index (κ3) is 4.38. The first-order valence-electron chi connectivity index (χ1n) is 7.11. The Hall–Kier alpha value is -1.81. The van der Waals surface area contributed by atoms with Gasteiger partial charge in [-0.3, -0.25) is 4.68 Å². The zero-order chi connectivity index (χ0) is 14.4. The molecule has 1 heterocycles. The van der Waals surface area contributed by atoms with Crippen molar-refractivity contribution in [2.75, 3.05) is 18.9 Å². The maximum absolute atomic E-state index is 5.69. The fourth-order valence-corrected chi connectivity index (χ4v) is 1.89. The van der Waals surface area contributed by atoms with Gasteiger partial charge in [0, 0.05) is 24.1 Å². The summed E-state index contributed by atoms with van der Waals surface area (Å²) in [6.07, 6.45) is 5.02. The topological polar surface area (TPSA) is 53.1 Å². The molecule has 0 spiro atoms. The van der Waals surface area contributed by atoms with Crippen LogP contribution in [0.4, 0.5) is 5.69 Å². The van der Waals surface area contributed by atoms with E-state index in [4.69, 9.17) is 10.5 Å². The van der Waals surface area contributed by atoms with Crippen molar-refractivity contribution in [3.05, 3.63) is 36.7 Å². The molecule has 0 radical (unpaired) electrons. The number of rotatable bonds is 7. The van der Waals surface area contributed by atoms with E-state index in [1.807, 2.05) is 41.3 Å². The normalized spacial score (nSPS) is 11.2. The predicted octanol–water partition coefficient (Wildman–Crippen LogP) is 3.20. The zero-order valence-electron chi connectivity index (χ0n) is 12.2. The van der Waals surface area contributed by atoms with Crippen molar-refractivity contribution in [3.8, 4) is 11.1 Å². The van der Waals surface area contributed by atoms with Gasteiger partial charge in [0.25, 0.3) is 0 Å². The summed E-state index contributed by atoms with van der Waals surface area (Å²) in [5.41, 5.74) is 8.70. The maximum Gasteiger partial charge on any atom is 0.0662 e. The molecule has 0 bridgehead atoms. The largest absolute Gasteiger partial charge is 0.399 e. The maximum atomic E-state index is 5.69. The Bertz CT molecular complexity index is 517. The predicted molar refractivity (Wildman–Crippen MR) is 82.3 cm³/mol. The van der Waals surface area contributed by atoms with Crippen molar-refractivity contribution in [1.82, 2.24) is 9.78 Å². The number of anilines is 1. The van der Waals surface area contributed by atoms with E-state index in [-0.39, 0.29) is 0 Å². The van der Waals surface area contributed by atoms with Gasteiger partial charge in [-0.25, -0.2) is 0 Å². The number of hydrogen-bond acceptors (Lipinski definition) is 3. The Kier molecular flexibility index (Phi) is 5.18. The van der Waals surface area contributed by atoms with Crippen molar-refractivity contribution < 1.29 is 4.74 Å². The summed E-state index contributed by atoms with van der Waals surface area (Å²) in [7, 11) is 0. The summed E-state index contributed by atoms with van der Waals surface area (Å²) in [6.45, 7) is 6.72. The van der Waals surface area contributed by atoms with Crippen molar-refractivity contribution in [2.24, 2.45) is 5.92 Å². The van der Waals surface area contributed by atoms with Crippen LogP contribution in [0.25, 0.3) is 11.1 Å². The van der Waals surface area contributed by atoms with Crippen molar-refractivity contribution in [2.45, 2.75) is 26.8 Å². The first kappa shape index (κ1) is 14.6. The van der Waals surface area contributed by atoms with E-state index < -0.39 is 0 Å². The average molecular weight is 273 g/mol. The molecule has 4 nitrogen and oxygen atoms in total. The van der Waals surface area contributed by atoms with Crippen LogP contribution in [0, 0.1) is 5.92 Å². The third-order valence-electron chi connectivity index (χ3n) is 3.18. The number of benzene rings is 1. The Labute approximate surface area is 120 Å². The quantitative estimate of drug-likeness (QED) is 0.622. The SMILES string of the molecule is CC(C)CCOCCn1cc(-c2ccc(N)cc2)cn1. The van der Waals surface area contributed by atoms with E-state index in [0.29, 0.717) is 12.5 Å². The standard InChI is InChI=1S/C16H23N3O/c1-13(2)7-9-20-10-8-19-12-15(11-18-19)14-3-5-16(17)6-4-14/h3-6,11-13H,7-10,17H2,1-2H3. The van der Waals surface area contributed by atoms with Gasteiger partial charge in [0.2, 0.25) is 0 Å². The lowest BCUT2D eigenvalue weighted by molar-refractivity contribution is 0.114. The van der Waals surface area contributed by atoms with E-state index in [9.17, 15) is 0 Å². The molecule has 0 fully saturated rings. The van der Waals surface area contributed by atoms with E-state index in [2.05, 4.69) is 18.9 Å². The lowest BCUT2D eigenvalue weighted by Gasteiger charge is -2.06. The molecular formula is C16H23N3O. The molecule has 2 N–H and O–H groups in total. The zero-order valence-corrected chi connectivity index (χ0v) is 12.2. The van der Waals surface area contributed by atoms with Gasteiger partial charge >= 0.3 is 0 Å². The summed E-state index contributed by atoms with van der Waals surface area (Å²) < 4.78 is 7.52. The van der Waals surface area contributed by atoms with Crippen LogP contribution < -0.4 is 5.73 Å². The van der Waals surface area contributed by atoms with Crippen molar-refractivity contribution in [3.63, 3.8) is 0 Å². The van der Waals surface area contributed by atoms with Gasteiger partial charge in [-0.1, -0.05) is 26.0 Å². The monoisotopic (exact) mass is 273 g/mol. The molecule has 0 saturated carbocycles. The summed E-state index contributed by atoms with van der Waals surface area (Å²) in [5, 5.41) is 4.35. The van der Waals surface area contributed by atoms with Crippen LogP contribution in [0.2, 0.25) is 0 Å². The number of nitrogen functional groups attached to an aromatic ring is 1. The molecule has 0 amide bonds. The van der Waals surface area contributed by atoms with Crippen LogP contribution in [-0.4, -0.2) is 23.0 Å². The van der Waals surface area contributed by atoms with Crippen molar-refractivity contribution in [1.29, 1.82) is 0 Å². The average Bonchev–Trinajstić information content (AvgIpc) is 2.87. The number of nitrogens with two attached hydrogens (primary N) is 1. The summed E-state index contributed by atoms with van der Waals surface area (Å²) in [4.78, 5) is 0. The molecule has 108 valence electrons. The highest BCUT2D eigenvalue weighted by Gasteiger charge is 2.02. The summed E-state index contributed by atoms with van der Waals surface area (Å²) in [5.74, 6) is 0.692. The van der Waals surface area contributed by atoms with Crippen molar-refractivity contribution >= 4 is 5.69 Å². The van der Waals surface area contributed by atoms with E-state index in [1.54, 1.807) is 0 Å². The van der Waals surface area contributed by atoms with Crippen LogP contribution in [0.5, 0.6) is 0 Å². The molecule has 1 aromatic carbocycles. The highest BCUT2D eigenvalue weighted by Crippen LogP contribution is 2.19. The highest BCUT2D eigenvalue weighted by molar-refractivity contribution is 5.63. The fraction of sp³-hybridized carbons (Fsp3) is 0.438. The number of nitrogens with zero attached hydrogens (tertiary/aromatic N) is 2. The van der Waals surface area contributed by atoms with Gasteiger partial charge in [-0.05, 0) is 30.0 Å². The second-order valence-electron chi connectivity index (χ2n) is 5.41. The smallest absolute Gasteiger partial charge is 0.0662 e. The van der Waals surface area contributed by atoms with Gasteiger partial charge in [0.05, 0.1) is 19.3 Å². The van der Waals surface area contributed by atoms with Crippen LogP contribution >= 0.6 is 0 Å². The summed E-state index contributed by atoms with van der Waals surface area (Å²) >= 11 is 0. The van der Waals surface area contributed by atoms with E-state index >= 15 is 0 Å². The molecule has 20 heavy (non-hydrogen) atoms. The Balaban J connectivity index is 1.82. The Morgan fingerprint density at radius 3 is 2.60 bits per heavy atom. The third-order valence-corrected chi connectivity index (χ3v) is 3.18. The molecular weight excluding hydrogens is 250 g/mol. The number of hydrogen-bond donors (Lipinski definition) is 1. The molecule has 4 heteroatoms. The van der Waals surface area contributed by atoms with Gasteiger partial charge in [0.1, 0.15) is 0 Å². The van der Waals surface area contributed by atoms with Gasteiger partial charge in [-0.15, -0.1) is 0 Å². The highest BCUT2D eigenvalue weighted by atomic mass is 16.5. The lowest BCUT2D eigenvalue weighted by Crippen LogP contribution is -2.08.